The highest BCUT2D eigenvalue weighted by Gasteiger charge is 2.14. The highest BCUT2D eigenvalue weighted by molar-refractivity contribution is 7.99. The third-order valence-corrected chi connectivity index (χ3v) is 5.12. The van der Waals surface area contributed by atoms with E-state index in [0.717, 1.165) is 5.69 Å². The van der Waals surface area contributed by atoms with Crippen LogP contribution >= 0.6 is 11.8 Å². The van der Waals surface area contributed by atoms with Crippen molar-refractivity contribution < 1.29 is 19.1 Å². The molecule has 4 rings (SSSR count). The molecular weight excluding hydrogens is 432 g/mol. The van der Waals surface area contributed by atoms with Crippen molar-refractivity contribution in [2.75, 3.05) is 5.75 Å². The van der Waals surface area contributed by atoms with E-state index < -0.39 is 5.97 Å². The number of rotatable bonds is 8. The lowest BCUT2D eigenvalue weighted by molar-refractivity contribution is -0.118. The largest absolute Gasteiger partial charge is 0.478 e. The van der Waals surface area contributed by atoms with Crippen molar-refractivity contribution in [2.45, 2.75) is 5.16 Å². The van der Waals surface area contributed by atoms with Crippen LogP contribution in [0.1, 0.15) is 16.1 Å². The molecule has 0 aliphatic rings. The lowest BCUT2D eigenvalue weighted by Crippen LogP contribution is -2.19. The number of carbonyl (C=O) groups is 2. The van der Waals surface area contributed by atoms with Crippen molar-refractivity contribution in [1.82, 2.24) is 25.6 Å². The van der Waals surface area contributed by atoms with Crippen LogP contribution in [0.4, 0.5) is 0 Å². The molecule has 1 amide bonds. The summed E-state index contributed by atoms with van der Waals surface area (Å²) in [6.45, 7) is 0. The van der Waals surface area contributed by atoms with Gasteiger partial charge in [0.1, 0.15) is 11.5 Å². The summed E-state index contributed by atoms with van der Waals surface area (Å²) in [6, 6.07) is 19.1. The number of tetrazole rings is 1. The van der Waals surface area contributed by atoms with Crippen LogP contribution in [-0.2, 0) is 4.79 Å². The van der Waals surface area contributed by atoms with Gasteiger partial charge in [-0.1, -0.05) is 48.2 Å². The molecule has 0 saturated heterocycles. The second-order valence-electron chi connectivity index (χ2n) is 6.34. The number of furan rings is 1. The van der Waals surface area contributed by atoms with E-state index in [9.17, 15) is 14.7 Å². The Morgan fingerprint density at radius 2 is 1.88 bits per heavy atom. The number of hydrogen-bond donors (Lipinski definition) is 2. The fourth-order valence-electron chi connectivity index (χ4n) is 2.78. The van der Waals surface area contributed by atoms with Crippen LogP contribution in [0.25, 0.3) is 17.0 Å². The van der Waals surface area contributed by atoms with E-state index in [1.165, 1.54) is 24.0 Å². The van der Waals surface area contributed by atoms with Crippen LogP contribution < -0.4 is 5.43 Å². The van der Waals surface area contributed by atoms with E-state index in [2.05, 4.69) is 26.1 Å². The van der Waals surface area contributed by atoms with E-state index in [4.69, 9.17) is 4.42 Å². The van der Waals surface area contributed by atoms with Gasteiger partial charge in [-0.05, 0) is 40.8 Å². The fourth-order valence-corrected chi connectivity index (χ4v) is 3.47. The van der Waals surface area contributed by atoms with Gasteiger partial charge in [-0.3, -0.25) is 4.79 Å². The zero-order valence-corrected chi connectivity index (χ0v) is 17.3. The van der Waals surface area contributed by atoms with Crippen molar-refractivity contribution >= 4 is 29.9 Å². The number of carbonyl (C=O) groups excluding carboxylic acids is 1. The Bertz CT molecular complexity index is 1270. The number of carboxylic acids is 1. The SMILES string of the molecule is O=C(CSc1nnnn1-c1ccccc1)N/N=C/c1ccc(-c2ccccc2C(=O)O)o1. The fraction of sp³-hybridized carbons (Fsp3) is 0.0476. The molecule has 2 aromatic heterocycles. The Morgan fingerprint density at radius 3 is 2.69 bits per heavy atom. The lowest BCUT2D eigenvalue weighted by atomic mass is 10.1. The van der Waals surface area contributed by atoms with E-state index in [-0.39, 0.29) is 17.2 Å². The molecule has 0 unspecified atom stereocenters. The summed E-state index contributed by atoms with van der Waals surface area (Å²) in [5, 5.41) is 25.2. The summed E-state index contributed by atoms with van der Waals surface area (Å²) < 4.78 is 7.17. The molecule has 4 aromatic rings. The quantitative estimate of drug-likeness (QED) is 0.239. The number of hydrogen-bond acceptors (Lipinski definition) is 8. The molecule has 0 spiro atoms. The van der Waals surface area contributed by atoms with Gasteiger partial charge in [-0.25, -0.2) is 10.2 Å². The van der Waals surface area contributed by atoms with E-state index >= 15 is 0 Å². The van der Waals surface area contributed by atoms with E-state index in [0.29, 0.717) is 22.2 Å². The van der Waals surface area contributed by atoms with Gasteiger partial charge in [0.25, 0.3) is 5.91 Å². The van der Waals surface area contributed by atoms with Crippen molar-refractivity contribution in [3.05, 3.63) is 78.1 Å². The third-order valence-electron chi connectivity index (χ3n) is 4.20. The Balaban J connectivity index is 1.34. The average molecular weight is 448 g/mol. The van der Waals surface area contributed by atoms with Gasteiger partial charge in [0, 0.05) is 5.56 Å². The summed E-state index contributed by atoms with van der Waals surface area (Å²) in [5.74, 6) is -0.590. The predicted octanol–water partition coefficient (Wildman–Crippen LogP) is 2.86. The number of aromatic nitrogens is 4. The van der Waals surface area contributed by atoms with Crippen molar-refractivity contribution in [2.24, 2.45) is 5.10 Å². The molecule has 2 N–H and O–H groups in total. The molecule has 0 aliphatic carbocycles. The minimum Gasteiger partial charge on any atom is -0.478 e. The average Bonchev–Trinajstić information content (AvgIpc) is 3.48. The molecule has 0 radical (unpaired) electrons. The summed E-state index contributed by atoms with van der Waals surface area (Å²) in [7, 11) is 0. The number of benzene rings is 2. The van der Waals surface area contributed by atoms with Crippen LogP contribution in [-0.4, -0.2) is 49.2 Å². The van der Waals surface area contributed by atoms with Gasteiger partial charge in [-0.2, -0.15) is 9.78 Å². The normalized spacial score (nSPS) is 11.0. The maximum atomic E-state index is 12.1. The maximum absolute atomic E-state index is 12.1. The highest BCUT2D eigenvalue weighted by Crippen LogP contribution is 2.25. The van der Waals surface area contributed by atoms with Crippen molar-refractivity contribution in [3.63, 3.8) is 0 Å². The van der Waals surface area contributed by atoms with Crippen LogP contribution in [0.5, 0.6) is 0 Å². The second kappa shape index (κ2) is 9.71. The summed E-state index contributed by atoms with van der Waals surface area (Å²) in [6.07, 6.45) is 1.34. The maximum Gasteiger partial charge on any atom is 0.336 e. The summed E-state index contributed by atoms with van der Waals surface area (Å²) in [5.41, 5.74) is 3.79. The van der Waals surface area contributed by atoms with Gasteiger partial charge in [0.05, 0.1) is 23.2 Å². The standard InChI is InChI=1S/C21H16N6O4S/c28-19(13-32-21-24-25-26-27(21)14-6-2-1-3-7-14)23-22-12-15-10-11-18(31-15)16-8-4-5-9-17(16)20(29)30/h1-12H,13H2,(H,23,28)(H,29,30)/b22-12+. The molecular formula is C21H16N6O4S. The Hall–Kier alpha value is -4.25. The Morgan fingerprint density at radius 1 is 1.09 bits per heavy atom. The van der Waals surface area contributed by atoms with E-state index in [1.54, 1.807) is 35.0 Å². The number of nitrogens with one attached hydrogen (secondary N) is 1. The molecule has 11 heteroatoms. The topological polar surface area (TPSA) is 136 Å². The number of nitrogens with zero attached hydrogens (tertiary/aromatic N) is 5. The Kier molecular flexibility index (Phi) is 6.37. The monoisotopic (exact) mass is 448 g/mol. The van der Waals surface area contributed by atoms with Crippen LogP contribution in [0.2, 0.25) is 0 Å². The number of aromatic carboxylic acids is 1. The first kappa shape index (κ1) is 21.0. The number of amides is 1. The molecule has 0 fully saturated rings. The number of thioether (sulfide) groups is 1. The second-order valence-corrected chi connectivity index (χ2v) is 7.29. The molecule has 10 nitrogen and oxygen atoms in total. The predicted molar refractivity (Wildman–Crippen MR) is 117 cm³/mol. The van der Waals surface area contributed by atoms with Crippen molar-refractivity contribution in [3.8, 4) is 17.0 Å². The number of hydrazone groups is 1. The minimum atomic E-state index is -1.05. The number of para-hydroxylation sites is 1. The molecule has 0 atom stereocenters. The Labute approximate surface area is 185 Å². The third kappa shape index (κ3) is 4.90. The van der Waals surface area contributed by atoms with Gasteiger partial charge in [0.15, 0.2) is 0 Å². The number of carboxylic acid groups (broad SMARTS) is 1. The van der Waals surface area contributed by atoms with Crippen molar-refractivity contribution in [1.29, 1.82) is 0 Å². The van der Waals surface area contributed by atoms with Gasteiger partial charge >= 0.3 is 5.97 Å². The molecule has 32 heavy (non-hydrogen) atoms. The highest BCUT2D eigenvalue weighted by atomic mass is 32.2. The van der Waals surface area contributed by atoms with Gasteiger partial charge in [0.2, 0.25) is 5.16 Å². The first-order valence-electron chi connectivity index (χ1n) is 9.33. The molecule has 0 bridgehead atoms. The first-order valence-corrected chi connectivity index (χ1v) is 10.3. The first-order chi connectivity index (χ1) is 15.6. The van der Waals surface area contributed by atoms with Crippen LogP contribution in [0.3, 0.4) is 0 Å². The van der Waals surface area contributed by atoms with Gasteiger partial charge in [-0.15, -0.1) is 5.10 Å². The van der Waals surface area contributed by atoms with Crippen LogP contribution in [0, 0.1) is 0 Å². The molecule has 2 heterocycles. The summed E-state index contributed by atoms with van der Waals surface area (Å²) >= 11 is 1.17. The van der Waals surface area contributed by atoms with Gasteiger partial charge < -0.3 is 9.52 Å². The zero-order chi connectivity index (χ0) is 22.3. The molecule has 0 aliphatic heterocycles. The van der Waals surface area contributed by atoms with E-state index in [1.807, 2.05) is 30.3 Å². The molecule has 160 valence electrons. The smallest absolute Gasteiger partial charge is 0.336 e. The minimum absolute atomic E-state index is 0.0555. The lowest BCUT2D eigenvalue weighted by Gasteiger charge is -2.03. The zero-order valence-electron chi connectivity index (χ0n) is 16.5. The molecule has 0 saturated carbocycles. The van der Waals surface area contributed by atoms with Crippen LogP contribution in [0.15, 0.2) is 81.4 Å². The molecule has 2 aromatic carbocycles. The summed E-state index contributed by atoms with van der Waals surface area (Å²) in [4.78, 5) is 23.5.